The zero-order valence-electron chi connectivity index (χ0n) is 6.15. The summed E-state index contributed by atoms with van der Waals surface area (Å²) >= 11 is 3.18. The SMILES string of the molecule is F[C@@H](CBr)C1CCCCC1. The lowest BCUT2D eigenvalue weighted by atomic mass is 9.86. The third-order valence-corrected chi connectivity index (χ3v) is 2.93. The highest BCUT2D eigenvalue weighted by Gasteiger charge is 2.21. The summed E-state index contributed by atoms with van der Waals surface area (Å²) in [7, 11) is 0. The predicted octanol–water partition coefficient (Wildman–Crippen LogP) is 3.30. The molecule has 0 nitrogen and oxygen atoms in total. The lowest BCUT2D eigenvalue weighted by Gasteiger charge is -2.23. The Morgan fingerprint density at radius 1 is 1.30 bits per heavy atom. The van der Waals surface area contributed by atoms with Crippen molar-refractivity contribution in [3.63, 3.8) is 0 Å². The maximum Gasteiger partial charge on any atom is 0.113 e. The van der Waals surface area contributed by atoms with E-state index >= 15 is 0 Å². The van der Waals surface area contributed by atoms with Crippen LogP contribution in [0.1, 0.15) is 32.1 Å². The quantitative estimate of drug-likeness (QED) is 0.612. The maximum atomic E-state index is 13.0. The van der Waals surface area contributed by atoms with Gasteiger partial charge < -0.3 is 0 Å². The molecule has 0 aromatic carbocycles. The van der Waals surface area contributed by atoms with Gasteiger partial charge in [0.2, 0.25) is 0 Å². The predicted molar refractivity (Wildman–Crippen MR) is 45.3 cm³/mol. The molecule has 1 fully saturated rings. The van der Waals surface area contributed by atoms with Crippen LogP contribution < -0.4 is 0 Å². The van der Waals surface area contributed by atoms with Gasteiger partial charge in [-0.3, -0.25) is 0 Å². The van der Waals surface area contributed by atoms with Crippen LogP contribution in [0, 0.1) is 5.92 Å². The third kappa shape index (κ3) is 2.22. The Morgan fingerprint density at radius 3 is 2.40 bits per heavy atom. The molecule has 0 aliphatic heterocycles. The van der Waals surface area contributed by atoms with Crippen molar-refractivity contribution in [2.45, 2.75) is 38.3 Å². The fourth-order valence-corrected chi connectivity index (χ4v) is 2.15. The fraction of sp³-hybridized carbons (Fsp3) is 1.00. The van der Waals surface area contributed by atoms with Gasteiger partial charge in [0.05, 0.1) is 0 Å². The molecule has 0 unspecified atom stereocenters. The molecule has 2 heteroatoms. The smallest absolute Gasteiger partial charge is 0.113 e. The van der Waals surface area contributed by atoms with E-state index in [1.165, 1.54) is 19.3 Å². The molecule has 0 radical (unpaired) electrons. The monoisotopic (exact) mass is 208 g/mol. The molecule has 0 heterocycles. The summed E-state index contributed by atoms with van der Waals surface area (Å²) in [6, 6.07) is 0. The number of rotatable bonds is 2. The van der Waals surface area contributed by atoms with Crippen LogP contribution in [0.15, 0.2) is 0 Å². The molecule has 1 saturated carbocycles. The van der Waals surface area contributed by atoms with E-state index in [-0.39, 0.29) is 0 Å². The molecule has 1 aliphatic carbocycles. The molecule has 0 spiro atoms. The summed E-state index contributed by atoms with van der Waals surface area (Å²) in [5, 5.41) is 0.525. The topological polar surface area (TPSA) is 0 Å². The third-order valence-electron chi connectivity index (χ3n) is 2.31. The van der Waals surface area contributed by atoms with Crippen LogP contribution in [-0.2, 0) is 0 Å². The highest BCUT2D eigenvalue weighted by atomic mass is 79.9. The average molecular weight is 209 g/mol. The second-order valence-electron chi connectivity index (χ2n) is 3.07. The van der Waals surface area contributed by atoms with Crippen molar-refractivity contribution in [2.24, 2.45) is 5.92 Å². The Bertz CT molecular complexity index is 89.3. The molecule has 0 aromatic heterocycles. The van der Waals surface area contributed by atoms with E-state index in [1.807, 2.05) is 0 Å². The van der Waals surface area contributed by atoms with E-state index in [4.69, 9.17) is 0 Å². The number of alkyl halides is 2. The largest absolute Gasteiger partial charge is 0.246 e. The molecule has 10 heavy (non-hydrogen) atoms. The zero-order valence-corrected chi connectivity index (χ0v) is 7.74. The Balaban J connectivity index is 2.24. The van der Waals surface area contributed by atoms with Crippen molar-refractivity contribution in [1.82, 2.24) is 0 Å². The normalized spacial score (nSPS) is 24.6. The van der Waals surface area contributed by atoms with Gasteiger partial charge in [0.25, 0.3) is 0 Å². The summed E-state index contributed by atoms with van der Waals surface area (Å²) in [5.74, 6) is 0.355. The zero-order chi connectivity index (χ0) is 7.40. The lowest BCUT2D eigenvalue weighted by molar-refractivity contribution is 0.203. The van der Waals surface area contributed by atoms with Crippen LogP contribution in [0.25, 0.3) is 0 Å². The molecule has 1 aliphatic rings. The van der Waals surface area contributed by atoms with Gasteiger partial charge in [0.15, 0.2) is 0 Å². The fourth-order valence-electron chi connectivity index (χ4n) is 1.62. The van der Waals surface area contributed by atoms with Gasteiger partial charge in [0, 0.05) is 5.33 Å². The van der Waals surface area contributed by atoms with Gasteiger partial charge in [-0.15, -0.1) is 0 Å². The van der Waals surface area contributed by atoms with Crippen molar-refractivity contribution in [3.8, 4) is 0 Å². The van der Waals surface area contributed by atoms with Crippen molar-refractivity contribution in [1.29, 1.82) is 0 Å². The van der Waals surface area contributed by atoms with E-state index in [1.54, 1.807) is 0 Å². The van der Waals surface area contributed by atoms with Crippen molar-refractivity contribution < 1.29 is 4.39 Å². The molecule has 1 rings (SSSR count). The van der Waals surface area contributed by atoms with Gasteiger partial charge in [-0.05, 0) is 18.8 Å². The second kappa shape index (κ2) is 4.32. The minimum atomic E-state index is -0.597. The van der Waals surface area contributed by atoms with E-state index < -0.39 is 6.17 Å². The summed E-state index contributed by atoms with van der Waals surface area (Å²) in [6.07, 6.45) is 5.39. The van der Waals surface area contributed by atoms with Crippen molar-refractivity contribution in [2.75, 3.05) is 5.33 Å². The first-order valence-corrected chi connectivity index (χ1v) is 5.17. The van der Waals surface area contributed by atoms with Crippen LogP contribution in [0.5, 0.6) is 0 Å². The van der Waals surface area contributed by atoms with Crippen molar-refractivity contribution >= 4 is 15.9 Å². The molecule has 1 atom stereocenters. The van der Waals surface area contributed by atoms with E-state index in [2.05, 4.69) is 15.9 Å². The Kier molecular flexibility index (Phi) is 3.68. The van der Waals surface area contributed by atoms with E-state index in [0.717, 1.165) is 12.8 Å². The molecule has 0 bridgehead atoms. The van der Waals surface area contributed by atoms with Crippen LogP contribution in [0.2, 0.25) is 0 Å². The lowest BCUT2D eigenvalue weighted by Crippen LogP contribution is -2.19. The summed E-state index contributed by atoms with van der Waals surface area (Å²) in [4.78, 5) is 0. The molecule has 0 amide bonds. The first-order chi connectivity index (χ1) is 4.84. The Labute approximate surface area is 70.3 Å². The first kappa shape index (κ1) is 8.51. The van der Waals surface area contributed by atoms with Gasteiger partial charge in [-0.2, -0.15) is 0 Å². The number of hydrogen-bond donors (Lipinski definition) is 0. The van der Waals surface area contributed by atoms with Crippen molar-refractivity contribution in [3.05, 3.63) is 0 Å². The molecule has 0 saturated heterocycles. The molecule has 0 aromatic rings. The van der Waals surface area contributed by atoms with E-state index in [9.17, 15) is 4.39 Å². The highest BCUT2D eigenvalue weighted by Crippen LogP contribution is 2.28. The second-order valence-corrected chi connectivity index (χ2v) is 3.72. The van der Waals surface area contributed by atoms with Crippen LogP contribution in [-0.4, -0.2) is 11.5 Å². The molecular formula is C8H14BrF. The summed E-state index contributed by atoms with van der Waals surface area (Å²) in [5.41, 5.74) is 0. The molecule has 0 N–H and O–H groups in total. The van der Waals surface area contributed by atoms with Gasteiger partial charge in [-0.25, -0.2) is 4.39 Å². The average Bonchev–Trinajstić information content (AvgIpc) is 2.05. The Hall–Kier alpha value is 0.410. The summed E-state index contributed by atoms with van der Waals surface area (Å²) in [6.45, 7) is 0. The first-order valence-electron chi connectivity index (χ1n) is 4.04. The van der Waals surface area contributed by atoms with Crippen LogP contribution in [0.3, 0.4) is 0 Å². The maximum absolute atomic E-state index is 13.0. The van der Waals surface area contributed by atoms with Crippen LogP contribution >= 0.6 is 15.9 Å². The highest BCUT2D eigenvalue weighted by molar-refractivity contribution is 9.09. The molecule has 60 valence electrons. The van der Waals surface area contributed by atoms with Gasteiger partial charge in [0.1, 0.15) is 6.17 Å². The Morgan fingerprint density at radius 2 is 1.90 bits per heavy atom. The number of hydrogen-bond acceptors (Lipinski definition) is 0. The minimum absolute atomic E-state index is 0.355. The van der Waals surface area contributed by atoms with Gasteiger partial charge in [-0.1, -0.05) is 35.2 Å². The number of halogens is 2. The summed E-state index contributed by atoms with van der Waals surface area (Å²) < 4.78 is 13.0. The van der Waals surface area contributed by atoms with E-state index in [0.29, 0.717) is 11.2 Å². The standard InChI is InChI=1S/C8H14BrF/c9-6-8(10)7-4-2-1-3-5-7/h7-8H,1-6H2/t8-/m0/s1. The van der Waals surface area contributed by atoms with Crippen LogP contribution in [0.4, 0.5) is 4.39 Å². The van der Waals surface area contributed by atoms with Gasteiger partial charge >= 0.3 is 0 Å². The minimum Gasteiger partial charge on any atom is -0.246 e. The molecular weight excluding hydrogens is 195 g/mol.